The highest BCUT2D eigenvalue weighted by Crippen LogP contribution is 2.45. The fraction of sp³-hybridized carbons (Fsp3) is 0.474. The minimum absolute atomic E-state index is 0. The molecule has 2 aromatic rings. The number of likely N-dealkylation sites (tertiary alicyclic amines) is 2. The number of thiophene rings is 1. The lowest BCUT2D eigenvalue weighted by atomic mass is 9.88. The van der Waals surface area contributed by atoms with Crippen LogP contribution in [0.3, 0.4) is 0 Å². The van der Waals surface area contributed by atoms with E-state index in [-0.39, 0.29) is 24.8 Å². The summed E-state index contributed by atoms with van der Waals surface area (Å²) in [6, 6.07) is 13.7. The van der Waals surface area contributed by atoms with Crippen LogP contribution in [0.4, 0.5) is 0 Å². The second kappa shape index (κ2) is 8.60. The van der Waals surface area contributed by atoms with E-state index in [1.165, 1.54) is 35.6 Å². The number of aryl methyl sites for hydroxylation is 1. The van der Waals surface area contributed by atoms with E-state index >= 15 is 0 Å². The summed E-state index contributed by atoms with van der Waals surface area (Å²) in [4.78, 5) is 6.57. The summed E-state index contributed by atoms with van der Waals surface area (Å²) in [6.07, 6.45) is 0. The van der Waals surface area contributed by atoms with Crippen molar-refractivity contribution in [2.75, 3.05) is 26.7 Å². The van der Waals surface area contributed by atoms with Gasteiger partial charge in [0, 0.05) is 37.1 Å². The van der Waals surface area contributed by atoms with Crippen LogP contribution in [0.2, 0.25) is 4.34 Å². The van der Waals surface area contributed by atoms with Crippen LogP contribution in [0.1, 0.15) is 22.0 Å². The van der Waals surface area contributed by atoms with Crippen molar-refractivity contribution in [1.29, 1.82) is 0 Å². The molecule has 25 heavy (non-hydrogen) atoms. The molecule has 2 aliphatic heterocycles. The van der Waals surface area contributed by atoms with E-state index in [1.54, 1.807) is 11.3 Å². The molecule has 3 atom stereocenters. The molecule has 2 saturated heterocycles. The van der Waals surface area contributed by atoms with Gasteiger partial charge in [0.1, 0.15) is 0 Å². The molecule has 2 aliphatic rings. The summed E-state index contributed by atoms with van der Waals surface area (Å²) >= 11 is 7.79. The molecule has 0 amide bonds. The van der Waals surface area contributed by atoms with Crippen LogP contribution in [-0.4, -0.2) is 36.5 Å². The average Bonchev–Trinajstić information content (AvgIpc) is 3.15. The van der Waals surface area contributed by atoms with Crippen LogP contribution >= 0.6 is 47.8 Å². The van der Waals surface area contributed by atoms with Crippen molar-refractivity contribution in [3.63, 3.8) is 0 Å². The molecular weight excluding hydrogens is 395 g/mol. The maximum atomic E-state index is 6.07. The summed E-state index contributed by atoms with van der Waals surface area (Å²) in [5, 5.41) is 0. The van der Waals surface area contributed by atoms with Crippen molar-refractivity contribution in [3.8, 4) is 0 Å². The number of nitrogens with zero attached hydrogens (tertiary/aromatic N) is 2. The lowest BCUT2D eigenvalue weighted by Crippen LogP contribution is -2.29. The molecule has 0 N–H and O–H groups in total. The van der Waals surface area contributed by atoms with Crippen LogP contribution in [0, 0.1) is 18.8 Å². The Morgan fingerprint density at radius 2 is 1.84 bits per heavy atom. The fourth-order valence-electron chi connectivity index (χ4n) is 4.52. The Balaban J connectivity index is 0.00000113. The van der Waals surface area contributed by atoms with Gasteiger partial charge in [-0.1, -0.05) is 35.9 Å². The molecule has 2 nitrogen and oxygen atoms in total. The van der Waals surface area contributed by atoms with Gasteiger partial charge in [0.15, 0.2) is 0 Å². The van der Waals surface area contributed by atoms with Crippen molar-refractivity contribution in [2.45, 2.75) is 19.5 Å². The largest absolute Gasteiger partial charge is 0.299 e. The molecule has 1 aromatic heterocycles. The molecule has 0 spiro atoms. The summed E-state index contributed by atoms with van der Waals surface area (Å²) in [6.45, 7) is 6.92. The molecule has 0 bridgehead atoms. The minimum Gasteiger partial charge on any atom is -0.299 e. The SMILES string of the molecule is Cc1ccccc1[C@H]1[C@@H]2CN(Cc3ccc(Cl)s3)C[C@@H]2CN1C.Cl.Cl. The van der Waals surface area contributed by atoms with E-state index < -0.39 is 0 Å². The standard InChI is InChI=1S/C19H23ClN2S.2ClH/c1-13-5-3-4-6-16(13)19-17-12-22(10-14(17)9-21(19)2)11-15-7-8-18(20)23-15;;/h3-8,14,17,19H,9-12H2,1-2H3;2*1H/t14-,17+,19-;;/m0../s1. The Hall–Kier alpha value is -0.290. The zero-order valence-electron chi connectivity index (χ0n) is 14.5. The topological polar surface area (TPSA) is 6.48 Å². The van der Waals surface area contributed by atoms with E-state index in [1.807, 2.05) is 6.07 Å². The molecule has 138 valence electrons. The molecular formula is C19H25Cl3N2S. The van der Waals surface area contributed by atoms with Gasteiger partial charge in [-0.15, -0.1) is 36.2 Å². The van der Waals surface area contributed by atoms with Gasteiger partial charge in [-0.3, -0.25) is 9.80 Å². The smallest absolute Gasteiger partial charge is 0.0931 e. The van der Waals surface area contributed by atoms with Crippen LogP contribution < -0.4 is 0 Å². The van der Waals surface area contributed by atoms with Crippen LogP contribution in [0.5, 0.6) is 0 Å². The third-order valence-corrected chi connectivity index (χ3v) is 6.70. The normalized spacial score (nSPS) is 26.1. The molecule has 0 aliphatic carbocycles. The van der Waals surface area contributed by atoms with Crippen LogP contribution in [0.25, 0.3) is 0 Å². The highest BCUT2D eigenvalue weighted by molar-refractivity contribution is 7.16. The van der Waals surface area contributed by atoms with E-state index in [9.17, 15) is 0 Å². The predicted octanol–water partition coefficient (Wildman–Crippen LogP) is 5.29. The van der Waals surface area contributed by atoms with E-state index in [2.05, 4.69) is 54.1 Å². The highest BCUT2D eigenvalue weighted by atomic mass is 35.5. The van der Waals surface area contributed by atoms with E-state index in [4.69, 9.17) is 11.6 Å². The molecule has 6 heteroatoms. The number of hydrogen-bond donors (Lipinski definition) is 0. The van der Waals surface area contributed by atoms with Gasteiger partial charge in [0.2, 0.25) is 0 Å². The van der Waals surface area contributed by atoms with Crippen LogP contribution in [-0.2, 0) is 6.54 Å². The van der Waals surface area contributed by atoms with Gasteiger partial charge >= 0.3 is 0 Å². The number of fused-ring (bicyclic) bond motifs is 1. The van der Waals surface area contributed by atoms with Gasteiger partial charge in [-0.25, -0.2) is 0 Å². The number of hydrogen-bond acceptors (Lipinski definition) is 3. The summed E-state index contributed by atoms with van der Waals surface area (Å²) in [7, 11) is 2.29. The second-order valence-electron chi connectivity index (χ2n) is 7.06. The quantitative estimate of drug-likeness (QED) is 0.667. The Bertz CT molecular complexity index is 705. The third-order valence-electron chi connectivity index (χ3n) is 5.49. The summed E-state index contributed by atoms with van der Waals surface area (Å²) in [5.41, 5.74) is 2.94. The first-order chi connectivity index (χ1) is 11.1. The molecule has 2 fully saturated rings. The second-order valence-corrected chi connectivity index (χ2v) is 8.86. The Morgan fingerprint density at radius 3 is 2.52 bits per heavy atom. The van der Waals surface area contributed by atoms with Crippen molar-refractivity contribution in [3.05, 3.63) is 56.7 Å². The lowest BCUT2D eigenvalue weighted by molar-refractivity contribution is 0.225. The average molecular weight is 420 g/mol. The lowest BCUT2D eigenvalue weighted by Gasteiger charge is -2.28. The number of halogens is 3. The maximum Gasteiger partial charge on any atom is 0.0931 e. The Morgan fingerprint density at radius 1 is 1.08 bits per heavy atom. The molecule has 4 rings (SSSR count). The summed E-state index contributed by atoms with van der Waals surface area (Å²) < 4.78 is 0.900. The van der Waals surface area contributed by atoms with Crippen molar-refractivity contribution >= 4 is 47.8 Å². The first-order valence-corrected chi connectivity index (χ1v) is 9.53. The van der Waals surface area contributed by atoms with Gasteiger partial charge in [-0.2, -0.15) is 0 Å². The zero-order valence-corrected chi connectivity index (χ0v) is 17.7. The Kier molecular flexibility index (Phi) is 7.23. The molecule has 0 radical (unpaired) electrons. The minimum atomic E-state index is 0. The number of rotatable bonds is 3. The number of benzene rings is 1. The first kappa shape index (κ1) is 21.0. The molecule has 1 aromatic carbocycles. The molecule has 3 heterocycles. The Labute approximate surface area is 172 Å². The van der Waals surface area contributed by atoms with Crippen molar-refractivity contribution in [2.24, 2.45) is 11.8 Å². The van der Waals surface area contributed by atoms with Gasteiger partial charge in [0.05, 0.1) is 4.34 Å². The molecule has 0 unspecified atom stereocenters. The molecule has 0 saturated carbocycles. The van der Waals surface area contributed by atoms with Crippen molar-refractivity contribution < 1.29 is 0 Å². The monoisotopic (exact) mass is 418 g/mol. The third kappa shape index (κ3) is 4.18. The summed E-state index contributed by atoms with van der Waals surface area (Å²) in [5.74, 6) is 1.54. The zero-order chi connectivity index (χ0) is 16.0. The van der Waals surface area contributed by atoms with Gasteiger partial charge in [0.25, 0.3) is 0 Å². The fourth-order valence-corrected chi connectivity index (χ4v) is 5.65. The maximum absolute atomic E-state index is 6.07. The first-order valence-electron chi connectivity index (χ1n) is 8.34. The predicted molar refractivity (Wildman–Crippen MR) is 113 cm³/mol. The van der Waals surface area contributed by atoms with E-state index in [0.717, 1.165) is 22.7 Å². The van der Waals surface area contributed by atoms with Gasteiger partial charge < -0.3 is 0 Å². The van der Waals surface area contributed by atoms with E-state index in [0.29, 0.717) is 6.04 Å². The van der Waals surface area contributed by atoms with Gasteiger partial charge in [-0.05, 0) is 49.1 Å². The highest BCUT2D eigenvalue weighted by Gasteiger charge is 2.46. The van der Waals surface area contributed by atoms with Crippen molar-refractivity contribution in [1.82, 2.24) is 9.80 Å². The van der Waals surface area contributed by atoms with Crippen LogP contribution in [0.15, 0.2) is 36.4 Å².